The van der Waals surface area contributed by atoms with Crippen LogP contribution in [0.3, 0.4) is 0 Å². The highest BCUT2D eigenvalue weighted by molar-refractivity contribution is 6.07. The Labute approximate surface area is 169 Å². The predicted octanol–water partition coefficient (Wildman–Crippen LogP) is 3.63. The number of para-hydroxylation sites is 1. The van der Waals surface area contributed by atoms with Crippen LogP contribution in [0.15, 0.2) is 42.6 Å². The first-order valence-electron chi connectivity index (χ1n) is 9.77. The molecule has 6 heteroatoms. The summed E-state index contributed by atoms with van der Waals surface area (Å²) in [4.78, 5) is 24.5. The van der Waals surface area contributed by atoms with Gasteiger partial charge in [-0.15, -0.1) is 0 Å². The summed E-state index contributed by atoms with van der Waals surface area (Å²) >= 11 is 0. The molecule has 0 radical (unpaired) electrons. The molecule has 0 spiro atoms. The summed E-state index contributed by atoms with van der Waals surface area (Å²) in [5, 5.41) is 3.84. The average molecular weight is 392 g/mol. The molecule has 0 saturated heterocycles. The van der Waals surface area contributed by atoms with Crippen molar-refractivity contribution in [2.45, 2.75) is 33.4 Å². The Morgan fingerprint density at radius 2 is 1.83 bits per heavy atom. The number of hydrogen-bond donors (Lipinski definition) is 1. The molecule has 29 heavy (non-hydrogen) atoms. The second kappa shape index (κ2) is 7.99. The normalized spacial score (nSPS) is 13.2. The van der Waals surface area contributed by atoms with Gasteiger partial charge in [-0.25, -0.2) is 0 Å². The number of ketones is 1. The molecule has 1 aliphatic heterocycles. The number of aromatic nitrogens is 1. The van der Waals surface area contributed by atoms with E-state index < -0.39 is 0 Å². The zero-order chi connectivity index (χ0) is 20.4. The van der Waals surface area contributed by atoms with Crippen molar-refractivity contribution in [3.8, 4) is 11.5 Å². The first kappa shape index (κ1) is 19.1. The molecule has 150 valence electrons. The van der Waals surface area contributed by atoms with Gasteiger partial charge in [-0.05, 0) is 43.2 Å². The topological polar surface area (TPSA) is 69.6 Å². The maximum atomic E-state index is 12.6. The van der Waals surface area contributed by atoms with Crippen molar-refractivity contribution in [2.75, 3.05) is 13.2 Å². The van der Waals surface area contributed by atoms with Crippen molar-refractivity contribution in [1.82, 2.24) is 9.88 Å². The highest BCUT2D eigenvalue weighted by atomic mass is 16.5. The minimum Gasteiger partial charge on any atom is -0.490 e. The minimum atomic E-state index is -0.118. The fourth-order valence-electron chi connectivity index (χ4n) is 3.61. The Hall–Kier alpha value is -3.28. The van der Waals surface area contributed by atoms with Crippen LogP contribution in [0.1, 0.15) is 34.8 Å². The number of amides is 1. The molecule has 3 aromatic rings. The van der Waals surface area contributed by atoms with Gasteiger partial charge in [-0.1, -0.05) is 18.2 Å². The average Bonchev–Trinajstić information content (AvgIpc) is 2.91. The predicted molar refractivity (Wildman–Crippen MR) is 111 cm³/mol. The standard InChI is InChI=1S/C23H24N2O4/c1-15-10-21-22(29-9-5-8-28-21)11-17(15)12-24-23(27)14-25-13-19(16(2)26)18-6-3-4-7-20(18)25/h3-4,6-7,10-11,13H,5,8-9,12,14H2,1-2H3,(H,24,27). The van der Waals surface area contributed by atoms with E-state index in [-0.39, 0.29) is 18.2 Å². The number of aryl methyl sites for hydroxylation is 1. The van der Waals surface area contributed by atoms with Crippen LogP contribution in [-0.4, -0.2) is 29.5 Å². The number of ether oxygens (including phenoxy) is 2. The van der Waals surface area contributed by atoms with Crippen LogP contribution in [0.5, 0.6) is 11.5 Å². The van der Waals surface area contributed by atoms with Gasteiger partial charge in [0.1, 0.15) is 6.54 Å². The van der Waals surface area contributed by atoms with Gasteiger partial charge in [0.05, 0.1) is 13.2 Å². The van der Waals surface area contributed by atoms with Crippen LogP contribution in [0.4, 0.5) is 0 Å². The second-order valence-electron chi connectivity index (χ2n) is 7.30. The smallest absolute Gasteiger partial charge is 0.240 e. The molecule has 0 fully saturated rings. The monoisotopic (exact) mass is 392 g/mol. The number of rotatable bonds is 5. The molecule has 1 aliphatic rings. The Morgan fingerprint density at radius 3 is 2.59 bits per heavy atom. The lowest BCUT2D eigenvalue weighted by Gasteiger charge is -2.13. The molecule has 6 nitrogen and oxygen atoms in total. The third-order valence-corrected chi connectivity index (χ3v) is 5.16. The molecule has 0 aliphatic carbocycles. The zero-order valence-electron chi connectivity index (χ0n) is 16.7. The third kappa shape index (κ3) is 3.97. The number of Topliss-reactive ketones (excluding diaryl/α,β-unsaturated/α-hetero) is 1. The van der Waals surface area contributed by atoms with E-state index in [1.165, 1.54) is 0 Å². The molecule has 0 bridgehead atoms. The van der Waals surface area contributed by atoms with Gasteiger partial charge in [-0.3, -0.25) is 9.59 Å². The van der Waals surface area contributed by atoms with E-state index in [4.69, 9.17) is 9.47 Å². The summed E-state index contributed by atoms with van der Waals surface area (Å²) in [6.07, 6.45) is 2.61. The molecule has 4 rings (SSSR count). The molecule has 1 amide bonds. The summed E-state index contributed by atoms with van der Waals surface area (Å²) in [5.74, 6) is 1.35. The van der Waals surface area contributed by atoms with Gasteiger partial charge in [0.15, 0.2) is 17.3 Å². The lowest BCUT2D eigenvalue weighted by molar-refractivity contribution is -0.121. The van der Waals surface area contributed by atoms with E-state index in [0.29, 0.717) is 25.3 Å². The van der Waals surface area contributed by atoms with Crippen LogP contribution in [0.2, 0.25) is 0 Å². The van der Waals surface area contributed by atoms with Gasteiger partial charge in [0.2, 0.25) is 5.91 Å². The number of nitrogens with zero attached hydrogens (tertiary/aromatic N) is 1. The Morgan fingerprint density at radius 1 is 1.10 bits per heavy atom. The van der Waals surface area contributed by atoms with Gasteiger partial charge < -0.3 is 19.4 Å². The number of hydrogen-bond acceptors (Lipinski definition) is 4. The molecular formula is C23H24N2O4. The summed E-state index contributed by atoms with van der Waals surface area (Å²) in [6, 6.07) is 11.5. The van der Waals surface area contributed by atoms with E-state index in [0.717, 1.165) is 39.9 Å². The quantitative estimate of drug-likeness (QED) is 0.673. The third-order valence-electron chi connectivity index (χ3n) is 5.16. The molecule has 2 heterocycles. The highest BCUT2D eigenvalue weighted by Crippen LogP contribution is 2.32. The van der Waals surface area contributed by atoms with Crippen molar-refractivity contribution >= 4 is 22.6 Å². The van der Waals surface area contributed by atoms with E-state index in [9.17, 15) is 9.59 Å². The molecule has 1 N–H and O–H groups in total. The zero-order valence-corrected chi connectivity index (χ0v) is 16.7. The van der Waals surface area contributed by atoms with E-state index in [2.05, 4.69) is 5.32 Å². The molecule has 2 aromatic carbocycles. The maximum absolute atomic E-state index is 12.6. The second-order valence-corrected chi connectivity index (χ2v) is 7.30. The van der Waals surface area contributed by atoms with Crippen molar-refractivity contribution < 1.29 is 19.1 Å². The summed E-state index contributed by atoms with van der Waals surface area (Å²) in [7, 11) is 0. The molecular weight excluding hydrogens is 368 g/mol. The first-order chi connectivity index (χ1) is 14.0. The van der Waals surface area contributed by atoms with Gasteiger partial charge in [-0.2, -0.15) is 0 Å². The number of carbonyl (C=O) groups is 2. The number of nitrogens with one attached hydrogen (secondary N) is 1. The van der Waals surface area contributed by atoms with Crippen molar-refractivity contribution in [3.05, 3.63) is 59.3 Å². The number of carbonyl (C=O) groups excluding carboxylic acids is 2. The molecule has 0 unspecified atom stereocenters. The van der Waals surface area contributed by atoms with Gasteiger partial charge in [0, 0.05) is 35.6 Å². The molecule has 0 saturated carbocycles. The van der Waals surface area contributed by atoms with Crippen LogP contribution < -0.4 is 14.8 Å². The Kier molecular flexibility index (Phi) is 5.25. The number of benzene rings is 2. The van der Waals surface area contributed by atoms with E-state index >= 15 is 0 Å². The van der Waals surface area contributed by atoms with Gasteiger partial charge >= 0.3 is 0 Å². The summed E-state index contributed by atoms with van der Waals surface area (Å²) in [6.45, 7) is 5.36. The maximum Gasteiger partial charge on any atom is 0.240 e. The van der Waals surface area contributed by atoms with E-state index in [1.807, 2.05) is 47.9 Å². The lowest BCUT2D eigenvalue weighted by atomic mass is 10.1. The summed E-state index contributed by atoms with van der Waals surface area (Å²) < 4.78 is 13.3. The molecule has 0 atom stereocenters. The van der Waals surface area contributed by atoms with Crippen LogP contribution in [0, 0.1) is 6.92 Å². The Balaban J connectivity index is 1.48. The van der Waals surface area contributed by atoms with Crippen molar-refractivity contribution in [2.24, 2.45) is 0 Å². The van der Waals surface area contributed by atoms with Crippen molar-refractivity contribution in [3.63, 3.8) is 0 Å². The first-order valence-corrected chi connectivity index (χ1v) is 9.77. The fraction of sp³-hybridized carbons (Fsp3) is 0.304. The van der Waals surface area contributed by atoms with Crippen molar-refractivity contribution in [1.29, 1.82) is 0 Å². The van der Waals surface area contributed by atoms with Crippen LogP contribution in [-0.2, 0) is 17.9 Å². The minimum absolute atomic E-state index is 0.0109. The molecule has 1 aromatic heterocycles. The number of fused-ring (bicyclic) bond motifs is 2. The largest absolute Gasteiger partial charge is 0.490 e. The van der Waals surface area contributed by atoms with Crippen LogP contribution in [0.25, 0.3) is 10.9 Å². The lowest BCUT2D eigenvalue weighted by Crippen LogP contribution is -2.27. The SMILES string of the molecule is CC(=O)c1cn(CC(=O)NCc2cc3c(cc2C)OCCCO3)c2ccccc12. The van der Waals surface area contributed by atoms with E-state index in [1.54, 1.807) is 13.1 Å². The Bertz CT molecular complexity index is 1080. The fourth-order valence-corrected chi connectivity index (χ4v) is 3.61. The summed E-state index contributed by atoms with van der Waals surface area (Å²) in [5.41, 5.74) is 3.54. The van der Waals surface area contributed by atoms with Crippen LogP contribution >= 0.6 is 0 Å². The van der Waals surface area contributed by atoms with Gasteiger partial charge in [0.25, 0.3) is 0 Å². The highest BCUT2D eigenvalue weighted by Gasteiger charge is 2.15.